The Morgan fingerprint density at radius 3 is 2.32 bits per heavy atom. The Balaban J connectivity index is 1.98. The zero-order valence-corrected chi connectivity index (χ0v) is 15.4. The van der Waals surface area contributed by atoms with Crippen molar-refractivity contribution in [3.05, 3.63) is 59.7 Å². The molecule has 25 heavy (non-hydrogen) atoms. The third-order valence-corrected chi connectivity index (χ3v) is 3.94. The molecular weight excluding hydrogens is 314 g/mol. The van der Waals surface area contributed by atoms with Gasteiger partial charge in [0.1, 0.15) is 11.5 Å². The topological polar surface area (TPSA) is 47.6 Å². The molecule has 4 nitrogen and oxygen atoms in total. The molecule has 0 aromatic heterocycles. The Morgan fingerprint density at radius 2 is 1.64 bits per heavy atom. The van der Waals surface area contributed by atoms with Gasteiger partial charge in [0.15, 0.2) is 6.10 Å². The highest BCUT2D eigenvalue weighted by molar-refractivity contribution is 5.80. The lowest BCUT2D eigenvalue weighted by Crippen LogP contribution is -2.36. The van der Waals surface area contributed by atoms with Crippen molar-refractivity contribution in [3.8, 4) is 11.5 Å². The largest absolute Gasteiger partial charge is 0.494 e. The summed E-state index contributed by atoms with van der Waals surface area (Å²) in [6.45, 7) is 8.93. The molecule has 0 unspecified atom stereocenters. The van der Waals surface area contributed by atoms with Crippen LogP contribution < -0.4 is 14.8 Å². The van der Waals surface area contributed by atoms with E-state index in [9.17, 15) is 4.79 Å². The number of hydrogen-bond donors (Lipinski definition) is 1. The minimum atomic E-state index is -0.570. The van der Waals surface area contributed by atoms with Gasteiger partial charge in [0.25, 0.3) is 5.91 Å². The maximum atomic E-state index is 12.4. The zero-order chi connectivity index (χ0) is 18.2. The van der Waals surface area contributed by atoms with E-state index in [0.29, 0.717) is 19.1 Å². The van der Waals surface area contributed by atoms with Crippen LogP contribution in [-0.4, -0.2) is 18.6 Å². The summed E-state index contributed by atoms with van der Waals surface area (Å²) in [6.07, 6.45) is -0.570. The van der Waals surface area contributed by atoms with Gasteiger partial charge in [-0.2, -0.15) is 0 Å². The number of carbonyl (C=O) groups is 1. The van der Waals surface area contributed by atoms with Crippen LogP contribution in [0, 0.1) is 0 Å². The number of carbonyl (C=O) groups excluding carboxylic acids is 1. The van der Waals surface area contributed by atoms with Crippen LogP contribution >= 0.6 is 0 Å². The molecule has 0 aliphatic carbocycles. The number of hydrogen-bond acceptors (Lipinski definition) is 3. The Labute approximate surface area is 150 Å². The zero-order valence-electron chi connectivity index (χ0n) is 15.4. The first kappa shape index (κ1) is 18.8. The lowest BCUT2D eigenvalue weighted by Gasteiger charge is -2.19. The third-order valence-electron chi connectivity index (χ3n) is 3.94. The second-order valence-corrected chi connectivity index (χ2v) is 6.21. The van der Waals surface area contributed by atoms with Gasteiger partial charge in [0, 0.05) is 12.1 Å². The summed E-state index contributed by atoms with van der Waals surface area (Å²) >= 11 is 0. The monoisotopic (exact) mass is 341 g/mol. The minimum absolute atomic E-state index is 0.148. The molecule has 0 bridgehead atoms. The van der Waals surface area contributed by atoms with Crippen molar-refractivity contribution >= 4 is 5.91 Å². The van der Waals surface area contributed by atoms with Crippen LogP contribution in [0.2, 0.25) is 0 Å². The molecule has 0 radical (unpaired) electrons. The van der Waals surface area contributed by atoms with Gasteiger partial charge >= 0.3 is 0 Å². The van der Waals surface area contributed by atoms with Gasteiger partial charge in [0.05, 0.1) is 6.61 Å². The van der Waals surface area contributed by atoms with Crippen molar-refractivity contribution in [3.63, 3.8) is 0 Å². The van der Waals surface area contributed by atoms with Crippen molar-refractivity contribution in [2.75, 3.05) is 6.61 Å². The van der Waals surface area contributed by atoms with Crippen LogP contribution in [-0.2, 0) is 11.3 Å². The number of nitrogens with one attached hydrogen (secondary N) is 1. The average Bonchev–Trinajstić information content (AvgIpc) is 2.61. The Kier molecular flexibility index (Phi) is 6.87. The SMILES string of the molecule is CCOc1ccccc1CNC(=O)[C@@H](C)Oc1ccccc1C(C)C. The van der Waals surface area contributed by atoms with Crippen molar-refractivity contribution < 1.29 is 14.3 Å². The summed E-state index contributed by atoms with van der Waals surface area (Å²) in [7, 11) is 0. The lowest BCUT2D eigenvalue weighted by atomic mass is 10.0. The fraction of sp³-hybridized carbons (Fsp3) is 0.381. The highest BCUT2D eigenvalue weighted by atomic mass is 16.5. The number of rotatable bonds is 8. The van der Waals surface area contributed by atoms with E-state index in [1.54, 1.807) is 6.92 Å². The maximum absolute atomic E-state index is 12.4. The molecule has 0 heterocycles. The van der Waals surface area contributed by atoms with Gasteiger partial charge in [0.2, 0.25) is 0 Å². The van der Waals surface area contributed by atoms with Crippen LogP contribution in [0.1, 0.15) is 44.7 Å². The van der Waals surface area contributed by atoms with Crippen LogP contribution in [0.15, 0.2) is 48.5 Å². The molecule has 4 heteroatoms. The van der Waals surface area contributed by atoms with Crippen LogP contribution in [0.4, 0.5) is 0 Å². The molecular formula is C21H27NO3. The predicted molar refractivity (Wildman–Crippen MR) is 100 cm³/mol. The summed E-state index contributed by atoms with van der Waals surface area (Å²) in [5.74, 6) is 1.74. The van der Waals surface area contributed by atoms with E-state index in [2.05, 4.69) is 19.2 Å². The van der Waals surface area contributed by atoms with Crippen molar-refractivity contribution in [2.24, 2.45) is 0 Å². The molecule has 0 spiro atoms. The molecule has 1 atom stereocenters. The second kappa shape index (κ2) is 9.11. The summed E-state index contributed by atoms with van der Waals surface area (Å²) < 4.78 is 11.5. The van der Waals surface area contributed by atoms with Crippen molar-refractivity contribution in [1.29, 1.82) is 0 Å². The molecule has 0 saturated heterocycles. The second-order valence-electron chi connectivity index (χ2n) is 6.21. The van der Waals surface area contributed by atoms with Gasteiger partial charge in [-0.15, -0.1) is 0 Å². The van der Waals surface area contributed by atoms with Gasteiger partial charge in [-0.3, -0.25) is 4.79 Å². The van der Waals surface area contributed by atoms with E-state index >= 15 is 0 Å². The van der Waals surface area contributed by atoms with E-state index < -0.39 is 6.10 Å². The molecule has 2 aromatic carbocycles. The first-order chi connectivity index (χ1) is 12.0. The highest BCUT2D eigenvalue weighted by Crippen LogP contribution is 2.26. The van der Waals surface area contributed by atoms with Crippen LogP contribution in [0.5, 0.6) is 11.5 Å². The summed E-state index contributed by atoms with van der Waals surface area (Å²) in [5.41, 5.74) is 2.05. The fourth-order valence-corrected chi connectivity index (χ4v) is 2.58. The van der Waals surface area contributed by atoms with Crippen molar-refractivity contribution in [2.45, 2.75) is 46.3 Å². The van der Waals surface area contributed by atoms with E-state index in [4.69, 9.17) is 9.47 Å². The molecule has 0 fully saturated rings. The first-order valence-electron chi connectivity index (χ1n) is 8.77. The first-order valence-corrected chi connectivity index (χ1v) is 8.77. The van der Waals surface area contributed by atoms with E-state index in [1.165, 1.54) is 0 Å². The van der Waals surface area contributed by atoms with E-state index in [0.717, 1.165) is 22.6 Å². The van der Waals surface area contributed by atoms with Gasteiger partial charge in [-0.1, -0.05) is 50.2 Å². The molecule has 1 amide bonds. The highest BCUT2D eigenvalue weighted by Gasteiger charge is 2.17. The van der Waals surface area contributed by atoms with Gasteiger partial charge in [-0.25, -0.2) is 0 Å². The minimum Gasteiger partial charge on any atom is -0.494 e. The molecule has 1 N–H and O–H groups in total. The molecule has 2 rings (SSSR count). The Morgan fingerprint density at radius 1 is 1.00 bits per heavy atom. The molecule has 0 aliphatic heterocycles. The Hall–Kier alpha value is -2.49. The number of benzene rings is 2. The van der Waals surface area contributed by atoms with Gasteiger partial charge < -0.3 is 14.8 Å². The van der Waals surface area contributed by atoms with E-state index in [-0.39, 0.29) is 5.91 Å². The van der Waals surface area contributed by atoms with Gasteiger partial charge in [-0.05, 0) is 37.5 Å². The fourth-order valence-electron chi connectivity index (χ4n) is 2.58. The smallest absolute Gasteiger partial charge is 0.261 e. The quantitative estimate of drug-likeness (QED) is 0.779. The summed E-state index contributed by atoms with van der Waals surface area (Å²) in [4.78, 5) is 12.4. The normalized spacial score (nSPS) is 11.9. The molecule has 0 aliphatic rings. The Bertz CT molecular complexity index is 697. The third kappa shape index (κ3) is 5.24. The maximum Gasteiger partial charge on any atom is 0.261 e. The standard InChI is InChI=1S/C21H27NO3/c1-5-24-19-12-8-6-10-17(19)14-22-21(23)16(4)25-20-13-9-7-11-18(20)15(2)3/h6-13,15-16H,5,14H2,1-4H3,(H,22,23)/t16-/m1/s1. The lowest BCUT2D eigenvalue weighted by molar-refractivity contribution is -0.127. The van der Waals surface area contributed by atoms with E-state index in [1.807, 2.05) is 55.5 Å². The average molecular weight is 341 g/mol. The molecule has 0 saturated carbocycles. The number of ether oxygens (including phenoxy) is 2. The van der Waals surface area contributed by atoms with Crippen LogP contribution in [0.3, 0.4) is 0 Å². The molecule has 2 aromatic rings. The van der Waals surface area contributed by atoms with Crippen LogP contribution in [0.25, 0.3) is 0 Å². The predicted octanol–water partition coefficient (Wildman–Crippen LogP) is 4.29. The summed E-state index contributed by atoms with van der Waals surface area (Å²) in [6, 6.07) is 15.6. The number of amides is 1. The van der Waals surface area contributed by atoms with Crippen molar-refractivity contribution in [1.82, 2.24) is 5.32 Å². The summed E-state index contributed by atoms with van der Waals surface area (Å²) in [5, 5.41) is 2.92. The number of para-hydroxylation sites is 2. The molecule has 134 valence electrons.